The number of Topliss-reactive ketones (excluding diaryl/α,β-unsaturated/α-hetero) is 1. The SMILES string of the molecule is COc1ccccc1C(=O)CSc1nnc([C@@H]2COc3ccccc3O2)o1. The normalized spacial score (nSPS) is 15.4. The summed E-state index contributed by atoms with van der Waals surface area (Å²) in [6.45, 7) is 0.281. The van der Waals surface area contributed by atoms with Crippen molar-refractivity contribution in [1.29, 1.82) is 0 Å². The van der Waals surface area contributed by atoms with Gasteiger partial charge in [0, 0.05) is 0 Å². The summed E-state index contributed by atoms with van der Waals surface area (Å²) >= 11 is 1.17. The molecule has 3 aromatic rings. The predicted molar refractivity (Wildman–Crippen MR) is 97.7 cm³/mol. The second kappa shape index (κ2) is 7.71. The number of methoxy groups -OCH3 is 1. The van der Waals surface area contributed by atoms with Crippen LogP contribution in [0, 0.1) is 0 Å². The summed E-state index contributed by atoms with van der Waals surface area (Å²) in [7, 11) is 1.54. The average molecular weight is 384 g/mol. The van der Waals surface area contributed by atoms with Gasteiger partial charge in [0.1, 0.15) is 12.4 Å². The molecule has 0 aliphatic carbocycles. The van der Waals surface area contributed by atoms with Gasteiger partial charge in [-0.25, -0.2) is 0 Å². The fraction of sp³-hybridized carbons (Fsp3) is 0.211. The van der Waals surface area contributed by atoms with E-state index < -0.39 is 6.10 Å². The minimum atomic E-state index is -0.480. The molecule has 0 saturated carbocycles. The Hall–Kier alpha value is -3.00. The van der Waals surface area contributed by atoms with Crippen LogP contribution in [0.25, 0.3) is 0 Å². The maximum atomic E-state index is 12.4. The van der Waals surface area contributed by atoms with Gasteiger partial charge in [0.2, 0.25) is 6.10 Å². The number of thioether (sulfide) groups is 1. The van der Waals surface area contributed by atoms with Gasteiger partial charge < -0.3 is 18.6 Å². The Labute approximate surface area is 159 Å². The molecule has 0 N–H and O–H groups in total. The number of nitrogens with zero attached hydrogens (tertiary/aromatic N) is 2. The highest BCUT2D eigenvalue weighted by atomic mass is 32.2. The molecule has 138 valence electrons. The Morgan fingerprint density at radius 1 is 1.15 bits per heavy atom. The zero-order chi connectivity index (χ0) is 18.6. The number of para-hydroxylation sites is 3. The number of fused-ring (bicyclic) bond motifs is 1. The number of aromatic nitrogens is 2. The summed E-state index contributed by atoms with van der Waals surface area (Å²) < 4.78 is 22.3. The fourth-order valence-corrected chi connectivity index (χ4v) is 3.28. The zero-order valence-corrected chi connectivity index (χ0v) is 15.3. The Balaban J connectivity index is 1.40. The van der Waals surface area contributed by atoms with E-state index in [4.69, 9.17) is 18.6 Å². The Bertz CT molecular complexity index is 959. The third-order valence-electron chi connectivity index (χ3n) is 3.94. The molecule has 1 aromatic heterocycles. The lowest BCUT2D eigenvalue weighted by Gasteiger charge is -2.23. The minimum Gasteiger partial charge on any atom is -0.496 e. The second-order valence-electron chi connectivity index (χ2n) is 5.68. The number of benzene rings is 2. The van der Waals surface area contributed by atoms with E-state index in [1.54, 1.807) is 18.2 Å². The number of ketones is 1. The van der Waals surface area contributed by atoms with Crippen LogP contribution in [-0.4, -0.2) is 35.5 Å². The molecule has 4 rings (SSSR count). The minimum absolute atomic E-state index is 0.0802. The Kier molecular flexibility index (Phi) is 4.97. The van der Waals surface area contributed by atoms with Crippen LogP contribution in [0.15, 0.2) is 58.2 Å². The van der Waals surface area contributed by atoms with Gasteiger partial charge in [0.25, 0.3) is 11.1 Å². The van der Waals surface area contributed by atoms with Crippen molar-refractivity contribution in [3.05, 3.63) is 60.0 Å². The van der Waals surface area contributed by atoms with Crippen molar-refractivity contribution < 1.29 is 23.4 Å². The zero-order valence-electron chi connectivity index (χ0n) is 14.5. The molecule has 7 nitrogen and oxygen atoms in total. The monoisotopic (exact) mass is 384 g/mol. The van der Waals surface area contributed by atoms with Crippen LogP contribution in [0.1, 0.15) is 22.4 Å². The summed E-state index contributed by atoms with van der Waals surface area (Å²) in [6.07, 6.45) is -0.480. The van der Waals surface area contributed by atoms with Crippen LogP contribution in [0.2, 0.25) is 0 Å². The summed E-state index contributed by atoms with van der Waals surface area (Å²) in [5, 5.41) is 8.30. The van der Waals surface area contributed by atoms with E-state index in [2.05, 4.69) is 10.2 Å². The Morgan fingerprint density at radius 2 is 1.93 bits per heavy atom. The summed E-state index contributed by atoms with van der Waals surface area (Å²) in [5.41, 5.74) is 0.521. The highest BCUT2D eigenvalue weighted by Crippen LogP contribution is 2.36. The number of hydrogen-bond acceptors (Lipinski definition) is 8. The first kappa shape index (κ1) is 17.4. The molecule has 8 heteroatoms. The van der Waals surface area contributed by atoms with E-state index in [1.807, 2.05) is 30.3 Å². The highest BCUT2D eigenvalue weighted by molar-refractivity contribution is 7.99. The van der Waals surface area contributed by atoms with E-state index in [-0.39, 0.29) is 18.1 Å². The van der Waals surface area contributed by atoms with Crippen molar-refractivity contribution in [2.45, 2.75) is 11.3 Å². The van der Waals surface area contributed by atoms with Crippen LogP contribution >= 0.6 is 11.8 Å². The number of ether oxygens (including phenoxy) is 3. The summed E-state index contributed by atoms with van der Waals surface area (Å²) in [4.78, 5) is 12.4. The lowest BCUT2D eigenvalue weighted by atomic mass is 10.1. The molecule has 0 fully saturated rings. The molecule has 2 heterocycles. The summed E-state index contributed by atoms with van der Waals surface area (Å²) in [6, 6.07) is 14.5. The van der Waals surface area contributed by atoms with Crippen molar-refractivity contribution in [3.63, 3.8) is 0 Å². The van der Waals surface area contributed by atoms with Crippen molar-refractivity contribution in [1.82, 2.24) is 10.2 Å². The van der Waals surface area contributed by atoms with Crippen LogP contribution in [0.4, 0.5) is 0 Å². The largest absolute Gasteiger partial charge is 0.496 e. The van der Waals surface area contributed by atoms with Crippen molar-refractivity contribution in [3.8, 4) is 17.2 Å². The summed E-state index contributed by atoms with van der Waals surface area (Å²) in [5.74, 6) is 2.26. The molecule has 0 amide bonds. The number of carbonyl (C=O) groups excluding carboxylic acids is 1. The molecule has 1 atom stereocenters. The molecule has 0 radical (unpaired) electrons. The maximum absolute atomic E-state index is 12.4. The van der Waals surface area contributed by atoms with Gasteiger partial charge in [-0.2, -0.15) is 0 Å². The molecule has 0 bridgehead atoms. The third kappa shape index (κ3) is 3.75. The first-order valence-corrected chi connectivity index (χ1v) is 9.24. The van der Waals surface area contributed by atoms with Gasteiger partial charge in [-0.1, -0.05) is 36.0 Å². The predicted octanol–water partition coefficient (Wildman–Crippen LogP) is 3.57. The first-order chi connectivity index (χ1) is 13.2. The molecule has 1 aliphatic heterocycles. The molecule has 1 aliphatic rings. The first-order valence-electron chi connectivity index (χ1n) is 8.25. The van der Waals surface area contributed by atoms with Gasteiger partial charge in [-0.05, 0) is 24.3 Å². The van der Waals surface area contributed by atoms with Crippen molar-refractivity contribution in [2.75, 3.05) is 19.5 Å². The third-order valence-corrected chi connectivity index (χ3v) is 4.76. The quantitative estimate of drug-likeness (QED) is 0.471. The van der Waals surface area contributed by atoms with E-state index >= 15 is 0 Å². The molecule has 0 spiro atoms. The van der Waals surface area contributed by atoms with Crippen LogP contribution in [0.3, 0.4) is 0 Å². The van der Waals surface area contributed by atoms with E-state index in [1.165, 1.54) is 18.9 Å². The molecular formula is C19H16N2O5S. The highest BCUT2D eigenvalue weighted by Gasteiger charge is 2.27. The van der Waals surface area contributed by atoms with Gasteiger partial charge in [0.15, 0.2) is 17.3 Å². The number of hydrogen-bond donors (Lipinski definition) is 0. The molecule has 0 unspecified atom stereocenters. The Morgan fingerprint density at radius 3 is 2.78 bits per heavy atom. The van der Waals surface area contributed by atoms with Crippen LogP contribution < -0.4 is 14.2 Å². The fourth-order valence-electron chi connectivity index (χ4n) is 2.63. The number of carbonyl (C=O) groups is 1. The molecule has 2 aromatic carbocycles. The lowest BCUT2D eigenvalue weighted by molar-refractivity contribution is 0.0686. The van der Waals surface area contributed by atoms with Gasteiger partial charge in [-0.15, -0.1) is 10.2 Å². The van der Waals surface area contributed by atoms with E-state index in [9.17, 15) is 4.79 Å². The van der Waals surface area contributed by atoms with Gasteiger partial charge in [-0.3, -0.25) is 4.79 Å². The number of rotatable bonds is 6. The van der Waals surface area contributed by atoms with Crippen molar-refractivity contribution in [2.24, 2.45) is 0 Å². The van der Waals surface area contributed by atoms with Crippen molar-refractivity contribution >= 4 is 17.5 Å². The molecule has 27 heavy (non-hydrogen) atoms. The second-order valence-corrected chi connectivity index (χ2v) is 6.61. The average Bonchev–Trinajstić information content (AvgIpc) is 3.20. The van der Waals surface area contributed by atoms with Crippen LogP contribution in [0.5, 0.6) is 17.2 Å². The van der Waals surface area contributed by atoms with E-state index in [0.29, 0.717) is 33.9 Å². The van der Waals surface area contributed by atoms with Gasteiger partial charge in [0.05, 0.1) is 18.4 Å². The smallest absolute Gasteiger partial charge is 0.277 e. The van der Waals surface area contributed by atoms with E-state index in [0.717, 1.165) is 0 Å². The molecule has 0 saturated heterocycles. The van der Waals surface area contributed by atoms with Gasteiger partial charge >= 0.3 is 0 Å². The van der Waals surface area contributed by atoms with Crippen LogP contribution in [-0.2, 0) is 0 Å². The topological polar surface area (TPSA) is 83.7 Å². The lowest BCUT2D eigenvalue weighted by Crippen LogP contribution is -2.21. The molecular weight excluding hydrogens is 368 g/mol. The maximum Gasteiger partial charge on any atom is 0.277 e. The standard InChI is InChI=1S/C19H16N2O5S/c1-23-14-7-3-2-6-12(14)13(22)11-27-19-21-20-18(26-19)17-10-24-15-8-4-5-9-16(15)25-17/h2-9,17H,10-11H2,1H3/t17-/m0/s1.